The zero-order valence-corrected chi connectivity index (χ0v) is 26.7. The van der Waals surface area contributed by atoms with Crippen LogP contribution in [0.1, 0.15) is 48.9 Å². The fraction of sp³-hybridized carbons (Fsp3) is 0.353. The van der Waals surface area contributed by atoms with Crippen LogP contribution in [0.5, 0.6) is 11.5 Å². The van der Waals surface area contributed by atoms with Crippen LogP contribution in [0.2, 0.25) is 0 Å². The number of methoxy groups -OCH3 is 2. The second kappa shape index (κ2) is 18.4. The molecule has 0 spiro atoms. The van der Waals surface area contributed by atoms with Gasteiger partial charge >= 0.3 is 18.1 Å². The SMILES string of the molecule is C=C[C@H](Cc1ccc(C(F)(F)F)cc1)C[C@H](C)OC(=O)[C@H](COC)NC(=O)c1nccc(OC)c1OC(C)=O.Cc1ccc(F)cc1.[HH]. The minimum atomic E-state index is -4.42. The summed E-state index contributed by atoms with van der Waals surface area (Å²) in [4.78, 5) is 41.3. The van der Waals surface area contributed by atoms with Gasteiger partial charge in [-0.1, -0.05) is 35.9 Å². The zero-order valence-electron chi connectivity index (χ0n) is 26.7. The monoisotopic (exact) mass is 664 g/mol. The van der Waals surface area contributed by atoms with E-state index in [-0.39, 0.29) is 37.0 Å². The maximum absolute atomic E-state index is 12.9. The van der Waals surface area contributed by atoms with E-state index in [1.165, 1.54) is 50.7 Å². The lowest BCUT2D eigenvalue weighted by Crippen LogP contribution is -2.46. The summed E-state index contributed by atoms with van der Waals surface area (Å²) < 4.78 is 71.3. The van der Waals surface area contributed by atoms with Gasteiger partial charge in [0, 0.05) is 27.7 Å². The number of esters is 2. The number of amides is 1. The number of hydrogen-bond acceptors (Lipinski definition) is 8. The van der Waals surface area contributed by atoms with Crippen LogP contribution in [-0.4, -0.2) is 55.8 Å². The third kappa shape index (κ3) is 12.9. The summed E-state index contributed by atoms with van der Waals surface area (Å²) in [6.45, 7) is 8.28. The maximum Gasteiger partial charge on any atom is 0.416 e. The number of rotatable bonds is 13. The molecule has 0 aliphatic heterocycles. The molecule has 0 aliphatic rings. The first-order valence-corrected chi connectivity index (χ1v) is 14.4. The van der Waals surface area contributed by atoms with Gasteiger partial charge in [-0.3, -0.25) is 9.59 Å². The second-order valence-corrected chi connectivity index (χ2v) is 10.4. The summed E-state index contributed by atoms with van der Waals surface area (Å²) in [6, 6.07) is 11.4. The van der Waals surface area contributed by atoms with Gasteiger partial charge in [0.2, 0.25) is 5.75 Å². The number of halogens is 4. The molecule has 256 valence electrons. The lowest BCUT2D eigenvalue weighted by Gasteiger charge is -2.22. The highest BCUT2D eigenvalue weighted by Gasteiger charge is 2.31. The molecule has 1 heterocycles. The molecule has 3 rings (SSSR count). The molecule has 1 aromatic heterocycles. The van der Waals surface area contributed by atoms with Crippen molar-refractivity contribution in [1.29, 1.82) is 0 Å². The number of carbonyl (C=O) groups is 3. The maximum atomic E-state index is 12.9. The summed E-state index contributed by atoms with van der Waals surface area (Å²) >= 11 is 0. The fourth-order valence-corrected chi connectivity index (χ4v) is 4.24. The van der Waals surface area contributed by atoms with Gasteiger partial charge < -0.3 is 24.3 Å². The molecule has 0 bridgehead atoms. The molecule has 3 atom stereocenters. The number of hydrogen-bond donors (Lipinski definition) is 1. The lowest BCUT2D eigenvalue weighted by atomic mass is 9.93. The third-order valence-electron chi connectivity index (χ3n) is 6.55. The Hall–Kier alpha value is -4.78. The van der Waals surface area contributed by atoms with Crippen LogP contribution >= 0.6 is 0 Å². The van der Waals surface area contributed by atoms with Gasteiger partial charge in [0.15, 0.2) is 17.5 Å². The van der Waals surface area contributed by atoms with E-state index < -0.39 is 41.7 Å². The molecular formula is C34H40F4N2O7. The van der Waals surface area contributed by atoms with Crippen molar-refractivity contribution in [2.24, 2.45) is 5.92 Å². The van der Waals surface area contributed by atoms with Crippen molar-refractivity contribution in [2.75, 3.05) is 20.8 Å². The number of aromatic nitrogens is 1. The summed E-state index contributed by atoms with van der Waals surface area (Å²) in [5.41, 5.74) is 0.741. The molecule has 0 radical (unpaired) electrons. The van der Waals surface area contributed by atoms with Crippen LogP contribution in [0.15, 0.2) is 73.4 Å². The molecular weight excluding hydrogens is 624 g/mol. The number of nitrogens with zero attached hydrogens (tertiary/aromatic N) is 1. The van der Waals surface area contributed by atoms with Gasteiger partial charge in [-0.25, -0.2) is 14.2 Å². The van der Waals surface area contributed by atoms with Crippen molar-refractivity contribution >= 4 is 17.8 Å². The molecule has 1 N–H and O–H groups in total. The highest BCUT2D eigenvalue weighted by Crippen LogP contribution is 2.31. The predicted octanol–water partition coefficient (Wildman–Crippen LogP) is 6.53. The van der Waals surface area contributed by atoms with E-state index in [2.05, 4.69) is 16.9 Å². The summed E-state index contributed by atoms with van der Waals surface area (Å²) in [7, 11) is 2.66. The Bertz CT molecular complexity index is 1470. The summed E-state index contributed by atoms with van der Waals surface area (Å²) in [5.74, 6) is -2.81. The molecule has 0 saturated heterocycles. The normalized spacial score (nSPS) is 12.8. The van der Waals surface area contributed by atoms with Crippen LogP contribution in [0.4, 0.5) is 17.6 Å². The van der Waals surface area contributed by atoms with Crippen molar-refractivity contribution in [3.63, 3.8) is 0 Å². The van der Waals surface area contributed by atoms with Crippen molar-refractivity contribution in [3.05, 3.63) is 102 Å². The van der Waals surface area contributed by atoms with Crippen molar-refractivity contribution in [3.8, 4) is 11.5 Å². The van der Waals surface area contributed by atoms with Crippen molar-refractivity contribution < 1.29 is 52.3 Å². The topological polar surface area (TPSA) is 113 Å². The Morgan fingerprint density at radius 1 is 1.04 bits per heavy atom. The van der Waals surface area contributed by atoms with E-state index >= 15 is 0 Å². The van der Waals surface area contributed by atoms with Gasteiger partial charge in [-0.15, -0.1) is 6.58 Å². The lowest BCUT2D eigenvalue weighted by molar-refractivity contribution is -0.152. The Kier molecular flexibility index (Phi) is 15.0. The summed E-state index contributed by atoms with van der Waals surface area (Å²) in [5, 5.41) is 2.47. The van der Waals surface area contributed by atoms with Crippen molar-refractivity contribution in [2.45, 2.75) is 51.9 Å². The Morgan fingerprint density at radius 2 is 1.68 bits per heavy atom. The fourth-order valence-electron chi connectivity index (χ4n) is 4.24. The molecule has 2 aromatic carbocycles. The molecule has 0 aliphatic carbocycles. The number of allylic oxidation sites excluding steroid dienone is 1. The number of aryl methyl sites for hydroxylation is 1. The second-order valence-electron chi connectivity index (χ2n) is 10.4. The Labute approximate surface area is 272 Å². The van der Waals surface area contributed by atoms with Crippen molar-refractivity contribution in [1.82, 2.24) is 10.3 Å². The van der Waals surface area contributed by atoms with Gasteiger partial charge in [0.05, 0.1) is 25.4 Å². The number of alkyl halides is 3. The van der Waals surface area contributed by atoms with Crippen LogP contribution in [0.3, 0.4) is 0 Å². The number of carbonyl (C=O) groups excluding carboxylic acids is 3. The first kappa shape index (κ1) is 38.4. The van der Waals surface area contributed by atoms with E-state index in [4.69, 9.17) is 18.9 Å². The van der Waals surface area contributed by atoms with E-state index in [1.54, 1.807) is 25.1 Å². The number of nitrogens with one attached hydrogen (secondary N) is 1. The standard InChI is InChI=1S/C27H31F3N2O7.C7H7F.H2/c1-6-18(14-19-7-9-20(10-8-19)27(28,29)30)13-16(2)38-26(35)21(15-36-4)32-25(34)23-24(39-17(3)33)22(37-5)11-12-31-23;1-6-2-4-7(8)5-3-6;/h6-12,16,18,21H,1,13-15H2,2-5H3,(H,32,34);2-5H,1H3;1H/t16-,18-,21-;;/m0../s1. The molecule has 13 heteroatoms. The number of ether oxygens (including phenoxy) is 4. The molecule has 47 heavy (non-hydrogen) atoms. The van der Waals surface area contributed by atoms with E-state index in [1.807, 2.05) is 6.92 Å². The van der Waals surface area contributed by atoms with Gasteiger partial charge in [-0.2, -0.15) is 13.2 Å². The first-order chi connectivity index (χ1) is 22.2. The van der Waals surface area contributed by atoms with Crippen LogP contribution in [-0.2, 0) is 31.7 Å². The third-order valence-corrected chi connectivity index (χ3v) is 6.55. The molecule has 3 aromatic rings. The molecule has 0 unspecified atom stereocenters. The smallest absolute Gasteiger partial charge is 0.416 e. The van der Waals surface area contributed by atoms with Crippen LogP contribution in [0.25, 0.3) is 0 Å². The molecule has 0 fully saturated rings. The first-order valence-electron chi connectivity index (χ1n) is 14.4. The van der Waals surface area contributed by atoms with E-state index in [0.717, 1.165) is 24.6 Å². The predicted molar refractivity (Wildman–Crippen MR) is 167 cm³/mol. The van der Waals surface area contributed by atoms with E-state index in [9.17, 15) is 31.9 Å². The summed E-state index contributed by atoms with van der Waals surface area (Å²) in [6.07, 6.45) is -1.41. The highest BCUT2D eigenvalue weighted by molar-refractivity contribution is 5.98. The average molecular weight is 665 g/mol. The van der Waals surface area contributed by atoms with Gasteiger partial charge in [-0.05, 0) is 62.4 Å². The van der Waals surface area contributed by atoms with Gasteiger partial charge in [0.25, 0.3) is 5.91 Å². The Balaban J connectivity index is 0.00000111. The molecule has 9 nitrogen and oxygen atoms in total. The zero-order chi connectivity index (χ0) is 35.1. The Morgan fingerprint density at radius 3 is 2.19 bits per heavy atom. The molecule has 1 amide bonds. The number of benzene rings is 2. The van der Waals surface area contributed by atoms with Gasteiger partial charge in [0.1, 0.15) is 5.82 Å². The van der Waals surface area contributed by atoms with Crippen LogP contribution < -0.4 is 14.8 Å². The highest BCUT2D eigenvalue weighted by atomic mass is 19.4. The molecule has 0 saturated carbocycles. The minimum Gasteiger partial charge on any atom is -0.493 e. The average Bonchev–Trinajstić information content (AvgIpc) is 3.01. The minimum absolute atomic E-state index is 0. The van der Waals surface area contributed by atoms with Crippen LogP contribution in [0, 0.1) is 18.7 Å². The quantitative estimate of drug-likeness (QED) is 0.125. The van der Waals surface area contributed by atoms with E-state index in [0.29, 0.717) is 18.4 Å². The number of pyridine rings is 1. The largest absolute Gasteiger partial charge is 0.493 e.